The van der Waals surface area contributed by atoms with Crippen LogP contribution in [-0.2, 0) is 6.42 Å². The van der Waals surface area contributed by atoms with Crippen LogP contribution >= 0.6 is 23.2 Å². The van der Waals surface area contributed by atoms with Crippen molar-refractivity contribution in [3.05, 3.63) is 76.0 Å². The molecule has 0 unspecified atom stereocenters. The fraction of sp³-hybridized carbons (Fsp3) is 0.105. The number of nitrogens with one attached hydrogen (secondary N) is 2. The number of hydrogen-bond donors (Lipinski definition) is 2. The Bertz CT molecular complexity index is 929. The molecule has 0 saturated heterocycles. The lowest BCUT2D eigenvalue weighted by Gasteiger charge is -2.09. The standard InChI is InChI=1S/C19H16Cl2N4O/c1-2-12-3-6-14(7-4-12)23-19-22-10-9-17(25-19)18(26)24-16-8-5-13(20)11-15(16)21/h3-11H,2H2,1H3,(H,24,26)(H,22,23,25). The lowest BCUT2D eigenvalue weighted by atomic mass is 10.1. The van der Waals surface area contributed by atoms with E-state index in [1.165, 1.54) is 17.8 Å². The third kappa shape index (κ3) is 4.50. The molecule has 0 aliphatic rings. The largest absolute Gasteiger partial charge is 0.324 e. The monoisotopic (exact) mass is 386 g/mol. The fourth-order valence-corrected chi connectivity index (χ4v) is 2.73. The van der Waals surface area contributed by atoms with Gasteiger partial charge in [-0.2, -0.15) is 0 Å². The summed E-state index contributed by atoms with van der Waals surface area (Å²) < 4.78 is 0. The zero-order valence-corrected chi connectivity index (χ0v) is 15.5. The highest BCUT2D eigenvalue weighted by Crippen LogP contribution is 2.25. The van der Waals surface area contributed by atoms with Gasteiger partial charge in [-0.1, -0.05) is 42.3 Å². The van der Waals surface area contributed by atoms with Crippen LogP contribution < -0.4 is 10.6 Å². The van der Waals surface area contributed by atoms with Gasteiger partial charge in [-0.05, 0) is 48.4 Å². The van der Waals surface area contributed by atoms with E-state index in [1.54, 1.807) is 18.2 Å². The Morgan fingerprint density at radius 2 is 1.85 bits per heavy atom. The number of aromatic nitrogens is 2. The van der Waals surface area contributed by atoms with Gasteiger partial charge >= 0.3 is 0 Å². The van der Waals surface area contributed by atoms with Gasteiger partial charge in [-0.3, -0.25) is 4.79 Å². The number of halogens is 2. The molecule has 7 heteroatoms. The van der Waals surface area contributed by atoms with Crippen molar-refractivity contribution in [3.8, 4) is 0 Å². The summed E-state index contributed by atoms with van der Waals surface area (Å²) in [6, 6.07) is 14.3. The van der Waals surface area contributed by atoms with E-state index in [0.717, 1.165) is 12.1 Å². The molecule has 1 heterocycles. The van der Waals surface area contributed by atoms with Crippen LogP contribution in [0.2, 0.25) is 10.0 Å². The van der Waals surface area contributed by atoms with Gasteiger partial charge in [-0.15, -0.1) is 0 Å². The number of carbonyl (C=O) groups excluding carboxylic acids is 1. The third-order valence-corrected chi connectivity index (χ3v) is 4.23. The van der Waals surface area contributed by atoms with Crippen LogP contribution in [0.1, 0.15) is 23.0 Å². The highest BCUT2D eigenvalue weighted by molar-refractivity contribution is 6.36. The molecule has 2 aromatic carbocycles. The molecule has 0 spiro atoms. The Morgan fingerprint density at radius 3 is 2.54 bits per heavy atom. The maximum Gasteiger partial charge on any atom is 0.274 e. The summed E-state index contributed by atoms with van der Waals surface area (Å²) in [5.41, 5.74) is 2.77. The summed E-state index contributed by atoms with van der Waals surface area (Å²) in [4.78, 5) is 20.8. The summed E-state index contributed by atoms with van der Waals surface area (Å²) in [5, 5.41) is 6.65. The van der Waals surface area contributed by atoms with E-state index in [4.69, 9.17) is 23.2 Å². The Morgan fingerprint density at radius 1 is 1.08 bits per heavy atom. The molecule has 3 rings (SSSR count). The first-order chi connectivity index (χ1) is 12.5. The smallest absolute Gasteiger partial charge is 0.274 e. The van der Waals surface area contributed by atoms with Gasteiger partial charge in [0.1, 0.15) is 5.69 Å². The minimum atomic E-state index is -0.388. The average molecular weight is 387 g/mol. The van der Waals surface area contributed by atoms with Gasteiger partial charge in [0, 0.05) is 16.9 Å². The number of benzene rings is 2. The van der Waals surface area contributed by atoms with Crippen molar-refractivity contribution in [1.29, 1.82) is 0 Å². The second-order valence-electron chi connectivity index (χ2n) is 5.52. The fourth-order valence-electron chi connectivity index (χ4n) is 2.28. The number of amides is 1. The van der Waals surface area contributed by atoms with Crippen molar-refractivity contribution < 1.29 is 4.79 Å². The molecule has 132 valence electrons. The quantitative estimate of drug-likeness (QED) is 0.620. The molecule has 2 N–H and O–H groups in total. The maximum atomic E-state index is 12.4. The van der Waals surface area contributed by atoms with E-state index >= 15 is 0 Å². The summed E-state index contributed by atoms with van der Waals surface area (Å²) >= 11 is 11.9. The summed E-state index contributed by atoms with van der Waals surface area (Å²) in [7, 11) is 0. The van der Waals surface area contributed by atoms with Gasteiger partial charge < -0.3 is 10.6 Å². The van der Waals surface area contributed by atoms with Crippen LogP contribution in [0.3, 0.4) is 0 Å². The van der Waals surface area contributed by atoms with Crippen molar-refractivity contribution >= 4 is 46.4 Å². The van der Waals surface area contributed by atoms with Crippen molar-refractivity contribution in [2.75, 3.05) is 10.6 Å². The topological polar surface area (TPSA) is 66.9 Å². The summed E-state index contributed by atoms with van der Waals surface area (Å²) in [6.07, 6.45) is 2.49. The van der Waals surface area contributed by atoms with Gasteiger partial charge in [0.05, 0.1) is 10.7 Å². The molecule has 5 nitrogen and oxygen atoms in total. The number of aryl methyl sites for hydroxylation is 1. The minimum Gasteiger partial charge on any atom is -0.324 e. The zero-order chi connectivity index (χ0) is 18.5. The lowest BCUT2D eigenvalue weighted by Crippen LogP contribution is -2.15. The van der Waals surface area contributed by atoms with Crippen LogP contribution in [0.15, 0.2) is 54.7 Å². The van der Waals surface area contributed by atoms with Crippen LogP contribution in [0.5, 0.6) is 0 Å². The Kier molecular flexibility index (Phi) is 5.71. The number of hydrogen-bond acceptors (Lipinski definition) is 4. The molecule has 3 aromatic rings. The molecule has 0 saturated carbocycles. The Labute approximate surface area is 161 Å². The van der Waals surface area contributed by atoms with Crippen LogP contribution in [0, 0.1) is 0 Å². The molecular formula is C19H16Cl2N4O. The number of rotatable bonds is 5. The van der Waals surface area contributed by atoms with E-state index in [0.29, 0.717) is 21.7 Å². The molecule has 0 radical (unpaired) electrons. The van der Waals surface area contributed by atoms with Gasteiger partial charge in [0.2, 0.25) is 5.95 Å². The van der Waals surface area contributed by atoms with E-state index in [1.807, 2.05) is 24.3 Å². The van der Waals surface area contributed by atoms with E-state index in [-0.39, 0.29) is 11.6 Å². The molecule has 0 aliphatic heterocycles. The van der Waals surface area contributed by atoms with Crippen molar-refractivity contribution in [1.82, 2.24) is 9.97 Å². The Balaban J connectivity index is 1.74. The average Bonchev–Trinajstić information content (AvgIpc) is 2.65. The predicted molar refractivity (Wildman–Crippen MR) is 106 cm³/mol. The van der Waals surface area contributed by atoms with Crippen molar-refractivity contribution in [3.63, 3.8) is 0 Å². The highest BCUT2D eigenvalue weighted by atomic mass is 35.5. The first-order valence-electron chi connectivity index (χ1n) is 8.00. The first-order valence-corrected chi connectivity index (χ1v) is 8.76. The molecule has 1 aromatic heterocycles. The predicted octanol–water partition coefficient (Wildman–Crippen LogP) is 5.34. The molecule has 0 atom stereocenters. The van der Waals surface area contributed by atoms with Gasteiger partial charge in [-0.25, -0.2) is 9.97 Å². The molecule has 0 aliphatic carbocycles. The molecule has 0 bridgehead atoms. The van der Waals surface area contributed by atoms with Crippen molar-refractivity contribution in [2.24, 2.45) is 0 Å². The number of carbonyl (C=O) groups is 1. The second-order valence-corrected chi connectivity index (χ2v) is 6.36. The SMILES string of the molecule is CCc1ccc(Nc2nccc(C(=O)Nc3ccc(Cl)cc3Cl)n2)cc1. The molecule has 0 fully saturated rings. The van der Waals surface area contributed by atoms with Crippen molar-refractivity contribution in [2.45, 2.75) is 13.3 Å². The van der Waals surface area contributed by atoms with E-state index < -0.39 is 0 Å². The van der Waals surface area contributed by atoms with Crippen LogP contribution in [-0.4, -0.2) is 15.9 Å². The highest BCUT2D eigenvalue weighted by Gasteiger charge is 2.11. The molecule has 1 amide bonds. The van der Waals surface area contributed by atoms with Crippen LogP contribution in [0.4, 0.5) is 17.3 Å². The van der Waals surface area contributed by atoms with Crippen LogP contribution in [0.25, 0.3) is 0 Å². The van der Waals surface area contributed by atoms with Gasteiger partial charge in [0.15, 0.2) is 0 Å². The summed E-state index contributed by atoms with van der Waals surface area (Å²) in [5.74, 6) is -0.0508. The van der Waals surface area contributed by atoms with E-state index in [9.17, 15) is 4.79 Å². The number of nitrogens with zero attached hydrogens (tertiary/aromatic N) is 2. The second kappa shape index (κ2) is 8.17. The lowest BCUT2D eigenvalue weighted by molar-refractivity contribution is 0.102. The third-order valence-electron chi connectivity index (χ3n) is 3.69. The zero-order valence-electron chi connectivity index (χ0n) is 14.0. The molecule has 26 heavy (non-hydrogen) atoms. The van der Waals surface area contributed by atoms with Gasteiger partial charge in [0.25, 0.3) is 5.91 Å². The van der Waals surface area contributed by atoms with E-state index in [2.05, 4.69) is 27.5 Å². The molecular weight excluding hydrogens is 371 g/mol. The normalized spacial score (nSPS) is 10.4. The summed E-state index contributed by atoms with van der Waals surface area (Å²) in [6.45, 7) is 2.10. The maximum absolute atomic E-state index is 12.4. The first kappa shape index (κ1) is 18.2. The Hall–Kier alpha value is -2.63. The number of anilines is 3. The minimum absolute atomic E-state index is 0.221.